The molecule has 76 valence electrons. The number of nitrogens with zero attached hydrogens (tertiary/aromatic N) is 1. The molecular formula is C7H13NO4S. The summed E-state index contributed by atoms with van der Waals surface area (Å²) >= 11 is 0. The number of hydrogen-bond acceptors (Lipinski definition) is 3. The summed E-state index contributed by atoms with van der Waals surface area (Å²) in [4.78, 5) is 10.6. The van der Waals surface area contributed by atoms with E-state index < -0.39 is 16.1 Å². The van der Waals surface area contributed by atoms with Crippen molar-refractivity contribution >= 4 is 16.1 Å². The molecule has 1 N–H and O–H groups in total. The molecule has 0 atom stereocenters. The van der Waals surface area contributed by atoms with Gasteiger partial charge in [0.25, 0.3) is 0 Å². The molecule has 0 heterocycles. The second-order valence-electron chi connectivity index (χ2n) is 3.37. The van der Waals surface area contributed by atoms with Crippen molar-refractivity contribution in [2.45, 2.75) is 19.3 Å². The van der Waals surface area contributed by atoms with Gasteiger partial charge in [-0.15, -0.1) is 0 Å². The van der Waals surface area contributed by atoms with Crippen LogP contribution in [0.1, 0.15) is 19.3 Å². The summed E-state index contributed by atoms with van der Waals surface area (Å²) in [5.41, 5.74) is 0. The summed E-state index contributed by atoms with van der Waals surface area (Å²) in [5.74, 6) is 0.228. The van der Waals surface area contributed by atoms with Crippen LogP contribution in [0.3, 0.4) is 0 Å². The molecule has 0 bridgehead atoms. The van der Waals surface area contributed by atoms with E-state index in [2.05, 4.69) is 0 Å². The van der Waals surface area contributed by atoms with Crippen LogP contribution in [0, 0.1) is 5.92 Å². The van der Waals surface area contributed by atoms with Gasteiger partial charge < -0.3 is 5.11 Å². The Balaban J connectivity index is 2.62. The Morgan fingerprint density at radius 2 is 2.08 bits per heavy atom. The third kappa shape index (κ3) is 2.58. The monoisotopic (exact) mass is 207 g/mol. The molecule has 0 radical (unpaired) electrons. The van der Waals surface area contributed by atoms with Crippen molar-refractivity contribution in [3.8, 4) is 0 Å². The predicted molar refractivity (Wildman–Crippen MR) is 46.9 cm³/mol. The topological polar surface area (TPSA) is 74.7 Å². The van der Waals surface area contributed by atoms with Crippen molar-refractivity contribution in [1.82, 2.24) is 4.31 Å². The van der Waals surface area contributed by atoms with Gasteiger partial charge in [-0.1, -0.05) is 6.42 Å². The van der Waals surface area contributed by atoms with Crippen LogP contribution in [0.4, 0.5) is 4.79 Å². The largest absolute Gasteiger partial charge is 0.464 e. The zero-order valence-electron chi connectivity index (χ0n) is 7.43. The van der Waals surface area contributed by atoms with Gasteiger partial charge in [0.1, 0.15) is 0 Å². The zero-order valence-corrected chi connectivity index (χ0v) is 8.25. The lowest BCUT2D eigenvalue weighted by Gasteiger charge is -2.29. The molecule has 0 spiro atoms. The summed E-state index contributed by atoms with van der Waals surface area (Å²) in [6, 6.07) is 0. The van der Waals surface area contributed by atoms with Crippen LogP contribution in [0.15, 0.2) is 0 Å². The fourth-order valence-electron chi connectivity index (χ4n) is 1.27. The van der Waals surface area contributed by atoms with E-state index in [1.54, 1.807) is 0 Å². The number of carboxylic acid groups (broad SMARTS) is 1. The molecule has 6 heteroatoms. The minimum Gasteiger partial charge on any atom is -0.464 e. The first-order chi connectivity index (χ1) is 5.91. The lowest BCUT2D eigenvalue weighted by atomic mass is 9.85. The van der Waals surface area contributed by atoms with E-state index in [0.29, 0.717) is 4.31 Å². The summed E-state index contributed by atoms with van der Waals surface area (Å²) in [7, 11) is -3.60. The highest BCUT2D eigenvalue weighted by Gasteiger charge is 2.28. The molecule has 0 aromatic rings. The van der Waals surface area contributed by atoms with Gasteiger partial charge in [-0.25, -0.2) is 17.5 Å². The van der Waals surface area contributed by atoms with E-state index in [0.717, 1.165) is 25.5 Å². The van der Waals surface area contributed by atoms with E-state index in [9.17, 15) is 13.2 Å². The molecule has 0 aromatic heterocycles. The normalized spacial score (nSPS) is 17.9. The summed E-state index contributed by atoms with van der Waals surface area (Å²) in [5, 5.41) is 8.62. The van der Waals surface area contributed by atoms with Gasteiger partial charge in [-0.2, -0.15) is 0 Å². The highest BCUT2D eigenvalue weighted by atomic mass is 32.2. The molecule has 0 saturated heterocycles. The fraction of sp³-hybridized carbons (Fsp3) is 0.857. The third-order valence-electron chi connectivity index (χ3n) is 2.26. The summed E-state index contributed by atoms with van der Waals surface area (Å²) in [6.07, 6.45) is 2.47. The molecule has 1 aliphatic carbocycles. The van der Waals surface area contributed by atoms with Crippen LogP contribution in [-0.4, -0.2) is 36.7 Å². The van der Waals surface area contributed by atoms with E-state index in [1.165, 1.54) is 0 Å². The first-order valence-corrected chi connectivity index (χ1v) is 5.96. The quantitative estimate of drug-likeness (QED) is 0.740. The van der Waals surface area contributed by atoms with Crippen LogP contribution in [0.5, 0.6) is 0 Å². The number of amides is 1. The first kappa shape index (κ1) is 10.3. The van der Waals surface area contributed by atoms with Crippen molar-refractivity contribution in [1.29, 1.82) is 0 Å². The highest BCUT2D eigenvalue weighted by molar-refractivity contribution is 7.88. The lowest BCUT2D eigenvalue weighted by molar-refractivity contribution is 0.158. The lowest BCUT2D eigenvalue weighted by Crippen LogP contribution is -2.40. The molecule has 5 nitrogen and oxygen atoms in total. The van der Waals surface area contributed by atoms with Gasteiger partial charge in [0.15, 0.2) is 0 Å². The average molecular weight is 207 g/mol. The maximum atomic E-state index is 11.0. The maximum Gasteiger partial charge on any atom is 0.421 e. The van der Waals surface area contributed by atoms with Gasteiger partial charge in [-0.05, 0) is 18.8 Å². The summed E-state index contributed by atoms with van der Waals surface area (Å²) < 4.78 is 22.5. The Morgan fingerprint density at radius 3 is 2.31 bits per heavy atom. The summed E-state index contributed by atoms with van der Waals surface area (Å²) in [6.45, 7) is 0.119. The van der Waals surface area contributed by atoms with E-state index in [1.807, 2.05) is 0 Å². The Kier molecular flexibility index (Phi) is 2.80. The SMILES string of the molecule is CS(=O)(=O)N(CC1CCC1)C(=O)O. The highest BCUT2D eigenvalue weighted by Crippen LogP contribution is 2.27. The Morgan fingerprint density at radius 1 is 1.54 bits per heavy atom. The van der Waals surface area contributed by atoms with Crippen LogP contribution in [-0.2, 0) is 10.0 Å². The second-order valence-corrected chi connectivity index (χ2v) is 5.28. The molecule has 0 aromatic carbocycles. The molecule has 1 saturated carbocycles. The standard InChI is InChI=1S/C7H13NO4S/c1-13(11,12)8(7(9)10)5-6-3-2-4-6/h6H,2-5H2,1H3,(H,9,10). The van der Waals surface area contributed by atoms with Crippen molar-refractivity contribution < 1.29 is 18.3 Å². The van der Waals surface area contributed by atoms with Gasteiger partial charge in [0, 0.05) is 6.54 Å². The predicted octanol–water partition coefficient (Wildman–Crippen LogP) is 0.726. The number of carbonyl (C=O) groups is 1. The molecular weight excluding hydrogens is 194 g/mol. The number of rotatable bonds is 3. The smallest absolute Gasteiger partial charge is 0.421 e. The van der Waals surface area contributed by atoms with Crippen LogP contribution < -0.4 is 0 Å². The van der Waals surface area contributed by atoms with Gasteiger partial charge in [0.05, 0.1) is 6.26 Å². The third-order valence-corrected chi connectivity index (χ3v) is 3.37. The van der Waals surface area contributed by atoms with Crippen LogP contribution in [0.25, 0.3) is 0 Å². The van der Waals surface area contributed by atoms with Gasteiger partial charge in [0.2, 0.25) is 10.0 Å². The fourth-order valence-corrected chi connectivity index (χ4v) is 2.03. The molecule has 13 heavy (non-hydrogen) atoms. The molecule has 0 unspecified atom stereocenters. The minimum atomic E-state index is -3.60. The Bertz CT molecular complexity index is 294. The number of sulfonamides is 1. The van der Waals surface area contributed by atoms with Crippen molar-refractivity contribution in [3.63, 3.8) is 0 Å². The second kappa shape index (κ2) is 3.53. The molecule has 1 fully saturated rings. The van der Waals surface area contributed by atoms with Crippen molar-refractivity contribution in [3.05, 3.63) is 0 Å². The zero-order chi connectivity index (χ0) is 10.1. The van der Waals surface area contributed by atoms with E-state index in [4.69, 9.17) is 5.11 Å². The van der Waals surface area contributed by atoms with Crippen LogP contribution >= 0.6 is 0 Å². The maximum absolute atomic E-state index is 11.0. The Hall–Kier alpha value is -0.780. The molecule has 1 amide bonds. The van der Waals surface area contributed by atoms with Gasteiger partial charge >= 0.3 is 6.09 Å². The molecule has 1 rings (SSSR count). The van der Waals surface area contributed by atoms with Gasteiger partial charge in [-0.3, -0.25) is 0 Å². The minimum absolute atomic E-state index is 0.119. The van der Waals surface area contributed by atoms with E-state index in [-0.39, 0.29) is 12.5 Å². The molecule has 1 aliphatic rings. The van der Waals surface area contributed by atoms with Crippen molar-refractivity contribution in [2.75, 3.05) is 12.8 Å². The van der Waals surface area contributed by atoms with Crippen molar-refractivity contribution in [2.24, 2.45) is 5.92 Å². The molecule has 0 aliphatic heterocycles. The van der Waals surface area contributed by atoms with E-state index >= 15 is 0 Å². The first-order valence-electron chi connectivity index (χ1n) is 4.12. The average Bonchev–Trinajstić information content (AvgIpc) is 1.79. The Labute approximate surface area is 77.4 Å². The van der Waals surface area contributed by atoms with Crippen LogP contribution in [0.2, 0.25) is 0 Å². The number of hydrogen-bond donors (Lipinski definition) is 1.